The van der Waals surface area contributed by atoms with Crippen LogP contribution in [0.15, 0.2) is 54.2 Å². The average Bonchev–Trinajstić information content (AvgIpc) is 3.76. The Kier molecular flexibility index (Phi) is 13.6. The van der Waals surface area contributed by atoms with Gasteiger partial charge in [0.2, 0.25) is 6.41 Å². The summed E-state index contributed by atoms with van der Waals surface area (Å²) >= 11 is 0. The molecule has 0 unspecified atom stereocenters. The van der Waals surface area contributed by atoms with Gasteiger partial charge in [-0.2, -0.15) is 0 Å². The van der Waals surface area contributed by atoms with Crippen LogP contribution < -0.4 is 10.6 Å². The number of aromatic nitrogens is 2. The summed E-state index contributed by atoms with van der Waals surface area (Å²) in [6.07, 6.45) is 6.54. The molecule has 0 saturated heterocycles. The molecule has 0 atom stereocenters. The van der Waals surface area contributed by atoms with E-state index in [0.717, 1.165) is 37.1 Å². The van der Waals surface area contributed by atoms with E-state index in [2.05, 4.69) is 27.2 Å². The summed E-state index contributed by atoms with van der Waals surface area (Å²) in [6, 6.07) is 2.71. The van der Waals surface area contributed by atoms with Crippen LogP contribution in [0.3, 0.4) is 0 Å². The third-order valence-corrected chi connectivity index (χ3v) is 5.39. The van der Waals surface area contributed by atoms with E-state index in [1.807, 2.05) is 27.7 Å². The number of hydrogen-bond donors (Lipinski definition) is 2. The molecule has 1 aliphatic carbocycles. The Morgan fingerprint density at radius 1 is 1.10 bits per heavy atom. The lowest BCUT2D eigenvalue weighted by Gasteiger charge is -2.15. The van der Waals surface area contributed by atoms with Crippen molar-refractivity contribution in [3.05, 3.63) is 82.5 Å². The molecule has 1 aromatic carbocycles. The number of anilines is 1. The molecule has 2 aromatic rings. The fourth-order valence-electron chi connectivity index (χ4n) is 3.37. The fourth-order valence-corrected chi connectivity index (χ4v) is 3.37. The van der Waals surface area contributed by atoms with Crippen LogP contribution in [0.2, 0.25) is 0 Å². The first-order chi connectivity index (χ1) is 18.7. The Morgan fingerprint density at radius 3 is 2.28 bits per heavy atom. The van der Waals surface area contributed by atoms with Crippen LogP contribution in [0.4, 0.5) is 19.0 Å². The highest BCUT2D eigenvalue weighted by atomic mass is 19.1. The number of allylic oxidation sites excluding steroid dienone is 6. The number of hydrogen-bond acceptors (Lipinski definition) is 4. The van der Waals surface area contributed by atoms with Gasteiger partial charge in [-0.05, 0) is 69.5 Å². The van der Waals surface area contributed by atoms with E-state index in [4.69, 9.17) is 0 Å². The van der Waals surface area contributed by atoms with Crippen LogP contribution in [0, 0.1) is 19.7 Å². The topological polar surface area (TPSA) is 84.0 Å². The summed E-state index contributed by atoms with van der Waals surface area (Å²) in [6.45, 7) is 15.8. The molecule has 1 heterocycles. The summed E-state index contributed by atoms with van der Waals surface area (Å²) in [7, 11) is 0. The van der Waals surface area contributed by atoms with Crippen molar-refractivity contribution in [1.82, 2.24) is 15.3 Å². The van der Waals surface area contributed by atoms with Crippen molar-refractivity contribution in [3.63, 3.8) is 0 Å². The number of nitrogens with zero attached hydrogens (tertiary/aromatic N) is 2. The van der Waals surface area contributed by atoms with Gasteiger partial charge in [-0.3, -0.25) is 9.59 Å². The van der Waals surface area contributed by atoms with Gasteiger partial charge in [-0.15, -0.1) is 0 Å². The molecule has 2 N–H and O–H groups in total. The molecule has 0 spiro atoms. The summed E-state index contributed by atoms with van der Waals surface area (Å²) < 4.78 is 43.5. The standard InChI is InChI=1S/C26H25F3N4O2.2C2H6/c1-5-21(27)18(22(28)6-2)9-10-19-24(31-15(4)32-25(19)30-13-34)20-11-16(12-23(29)14(20)3)26(35)33-17-7-8-17;2*1-2/h5-6,9-13,17H,1,7-8H2,2-4H3,(H,33,35)(H,30,31,32,34);2*1-2H3/b10-9-,21-18+,22-6+;;. The van der Waals surface area contributed by atoms with E-state index in [-0.39, 0.29) is 51.2 Å². The highest BCUT2D eigenvalue weighted by molar-refractivity contribution is 5.97. The minimum Gasteiger partial charge on any atom is -0.349 e. The van der Waals surface area contributed by atoms with Crippen molar-refractivity contribution >= 4 is 24.2 Å². The Hall–Kier alpha value is -4.01. The zero-order chi connectivity index (χ0) is 29.7. The first-order valence-corrected chi connectivity index (χ1v) is 12.9. The molecule has 39 heavy (non-hydrogen) atoms. The van der Waals surface area contributed by atoms with Gasteiger partial charge in [0.25, 0.3) is 5.91 Å². The molecular formula is C30H37F3N4O2. The minimum absolute atomic E-state index is 0.0469. The minimum atomic E-state index is -0.905. The third kappa shape index (κ3) is 8.77. The van der Waals surface area contributed by atoms with Gasteiger partial charge in [-0.1, -0.05) is 40.3 Å². The lowest BCUT2D eigenvalue weighted by molar-refractivity contribution is -0.105. The van der Waals surface area contributed by atoms with Crippen molar-refractivity contribution in [2.45, 2.75) is 67.3 Å². The number of amides is 2. The SMILES string of the molecule is C=C/C(F)=C(/C=C\c1c(NC=O)nc(C)nc1-c1cc(C(=O)NC2CC2)cc(F)c1C)C(\F)=C/C.CC.CC. The first kappa shape index (κ1) is 33.0. The summed E-state index contributed by atoms with van der Waals surface area (Å²) in [4.78, 5) is 32.5. The zero-order valence-corrected chi connectivity index (χ0v) is 23.6. The largest absolute Gasteiger partial charge is 0.349 e. The Balaban J connectivity index is 0.00000181. The van der Waals surface area contributed by atoms with Gasteiger partial charge in [0.15, 0.2) is 0 Å². The first-order valence-electron chi connectivity index (χ1n) is 12.9. The van der Waals surface area contributed by atoms with Gasteiger partial charge in [0.1, 0.15) is 29.1 Å². The van der Waals surface area contributed by atoms with E-state index in [1.165, 1.54) is 26.0 Å². The molecule has 2 amide bonds. The predicted octanol–water partition coefficient (Wildman–Crippen LogP) is 7.71. The normalized spacial score (nSPS) is 13.3. The van der Waals surface area contributed by atoms with Crippen LogP contribution in [0.5, 0.6) is 0 Å². The molecule has 1 aliphatic rings. The molecule has 1 fully saturated rings. The molecule has 1 saturated carbocycles. The summed E-state index contributed by atoms with van der Waals surface area (Å²) in [5.41, 5.74) is 0.533. The smallest absolute Gasteiger partial charge is 0.251 e. The van der Waals surface area contributed by atoms with Crippen molar-refractivity contribution in [2.24, 2.45) is 0 Å². The maximum Gasteiger partial charge on any atom is 0.251 e. The number of aryl methyl sites for hydroxylation is 1. The zero-order valence-electron chi connectivity index (χ0n) is 23.6. The Morgan fingerprint density at radius 2 is 1.74 bits per heavy atom. The van der Waals surface area contributed by atoms with E-state index >= 15 is 0 Å². The highest BCUT2D eigenvalue weighted by Gasteiger charge is 2.25. The number of rotatable bonds is 9. The molecule has 9 heteroatoms. The molecule has 3 rings (SSSR count). The van der Waals surface area contributed by atoms with Crippen molar-refractivity contribution in [1.29, 1.82) is 0 Å². The van der Waals surface area contributed by atoms with E-state index in [1.54, 1.807) is 6.92 Å². The molecule has 6 nitrogen and oxygen atoms in total. The maximum atomic E-state index is 14.9. The number of nitrogens with one attached hydrogen (secondary N) is 2. The van der Waals surface area contributed by atoms with Crippen LogP contribution >= 0.6 is 0 Å². The third-order valence-electron chi connectivity index (χ3n) is 5.39. The molecule has 0 radical (unpaired) electrons. The molecular weight excluding hydrogens is 505 g/mol. The quantitative estimate of drug-likeness (QED) is 0.251. The predicted molar refractivity (Wildman–Crippen MR) is 152 cm³/mol. The Bertz CT molecular complexity index is 1280. The second kappa shape index (κ2) is 16.1. The van der Waals surface area contributed by atoms with Gasteiger partial charge < -0.3 is 10.6 Å². The summed E-state index contributed by atoms with van der Waals surface area (Å²) in [5, 5.41) is 5.26. The van der Waals surface area contributed by atoms with Crippen LogP contribution in [0.1, 0.15) is 74.8 Å². The number of benzene rings is 1. The van der Waals surface area contributed by atoms with Gasteiger partial charge in [0, 0.05) is 28.3 Å². The second-order valence-corrected chi connectivity index (χ2v) is 7.96. The van der Waals surface area contributed by atoms with E-state index in [9.17, 15) is 22.8 Å². The average molecular weight is 543 g/mol. The maximum absolute atomic E-state index is 14.9. The van der Waals surface area contributed by atoms with Crippen molar-refractivity contribution < 1.29 is 22.8 Å². The van der Waals surface area contributed by atoms with Gasteiger partial charge in [0.05, 0.1) is 5.69 Å². The van der Waals surface area contributed by atoms with Crippen LogP contribution in [-0.2, 0) is 4.79 Å². The van der Waals surface area contributed by atoms with E-state index in [0.29, 0.717) is 6.41 Å². The molecule has 0 bridgehead atoms. The van der Waals surface area contributed by atoms with Crippen LogP contribution in [0.25, 0.3) is 17.3 Å². The second-order valence-electron chi connectivity index (χ2n) is 7.96. The van der Waals surface area contributed by atoms with Crippen molar-refractivity contribution in [3.8, 4) is 11.3 Å². The monoisotopic (exact) mass is 542 g/mol. The Labute approximate surface area is 228 Å². The highest BCUT2D eigenvalue weighted by Crippen LogP contribution is 2.33. The fraction of sp³-hybridized carbons (Fsp3) is 0.333. The lowest BCUT2D eigenvalue weighted by Crippen LogP contribution is -2.25. The van der Waals surface area contributed by atoms with E-state index < -0.39 is 23.4 Å². The van der Waals surface area contributed by atoms with Crippen molar-refractivity contribution in [2.75, 3.05) is 5.32 Å². The molecule has 0 aliphatic heterocycles. The number of halogens is 3. The van der Waals surface area contributed by atoms with Gasteiger partial charge in [-0.25, -0.2) is 23.1 Å². The number of carbonyl (C=O) groups excluding carboxylic acids is 2. The summed E-state index contributed by atoms with van der Waals surface area (Å²) in [5.74, 6) is -2.49. The molecule has 210 valence electrons. The van der Waals surface area contributed by atoms with Crippen LogP contribution in [-0.4, -0.2) is 28.3 Å². The number of carbonyl (C=O) groups is 2. The lowest BCUT2D eigenvalue weighted by atomic mass is 9.97. The van der Waals surface area contributed by atoms with Gasteiger partial charge >= 0.3 is 0 Å². The molecule has 1 aromatic heterocycles.